The molecule has 1 aliphatic carbocycles. The lowest BCUT2D eigenvalue weighted by atomic mass is 9.66. The molecule has 0 aromatic heterocycles. The number of para-hydroxylation sites is 2. The molecule has 1 saturated heterocycles. The van der Waals surface area contributed by atoms with Gasteiger partial charge in [-0.2, -0.15) is 0 Å². The number of nitrogens with zero attached hydrogens (tertiary/aromatic N) is 1. The minimum atomic E-state index is 0.241. The Morgan fingerprint density at radius 2 is 1.70 bits per heavy atom. The standard InChI is InChI=1S/C11H19NO.C8H10O2/c1-11(2)7-8(13)6-10-9(11)4-5-12(10)3;1-9-7-5-3-4-6-8(7)10-2/h9-10H,4-7H2,1-3H3;3-6H,1-2H3. The number of methoxy groups -OCH3 is 2. The van der Waals surface area contributed by atoms with Crippen LogP contribution in [0.4, 0.5) is 0 Å². The van der Waals surface area contributed by atoms with Crippen molar-refractivity contribution in [3.8, 4) is 11.5 Å². The molecule has 128 valence electrons. The lowest BCUT2D eigenvalue weighted by molar-refractivity contribution is -0.126. The molecule has 0 radical (unpaired) electrons. The van der Waals surface area contributed by atoms with E-state index >= 15 is 0 Å². The van der Waals surface area contributed by atoms with Gasteiger partial charge in [-0.1, -0.05) is 26.0 Å². The Labute approximate surface area is 139 Å². The zero-order valence-electron chi connectivity index (χ0n) is 15.0. The molecule has 1 aliphatic heterocycles. The van der Waals surface area contributed by atoms with Crippen molar-refractivity contribution < 1.29 is 14.3 Å². The second-order valence-electron chi connectivity index (χ2n) is 7.21. The van der Waals surface area contributed by atoms with Gasteiger partial charge in [-0.25, -0.2) is 0 Å². The highest BCUT2D eigenvalue weighted by molar-refractivity contribution is 5.80. The number of fused-ring (bicyclic) bond motifs is 1. The molecule has 23 heavy (non-hydrogen) atoms. The van der Waals surface area contributed by atoms with Gasteiger partial charge in [0.25, 0.3) is 0 Å². The van der Waals surface area contributed by atoms with Crippen LogP contribution >= 0.6 is 0 Å². The van der Waals surface area contributed by atoms with Gasteiger partial charge < -0.3 is 14.4 Å². The molecule has 1 aromatic rings. The Morgan fingerprint density at radius 1 is 1.13 bits per heavy atom. The van der Waals surface area contributed by atoms with Crippen LogP contribution in [0.5, 0.6) is 11.5 Å². The Morgan fingerprint density at radius 3 is 2.22 bits per heavy atom. The number of ketones is 1. The minimum absolute atomic E-state index is 0.241. The van der Waals surface area contributed by atoms with E-state index < -0.39 is 0 Å². The largest absolute Gasteiger partial charge is 0.493 e. The predicted molar refractivity (Wildman–Crippen MR) is 92.1 cm³/mol. The van der Waals surface area contributed by atoms with Crippen molar-refractivity contribution >= 4 is 5.78 Å². The number of likely N-dealkylation sites (tertiary alicyclic amines) is 1. The molecule has 2 unspecified atom stereocenters. The summed E-state index contributed by atoms with van der Waals surface area (Å²) >= 11 is 0. The van der Waals surface area contributed by atoms with Gasteiger partial charge in [0.2, 0.25) is 0 Å². The second kappa shape index (κ2) is 7.35. The first-order valence-electron chi connectivity index (χ1n) is 8.28. The fourth-order valence-corrected chi connectivity index (χ4v) is 3.95. The molecule has 2 aliphatic rings. The molecule has 2 atom stereocenters. The molecule has 0 N–H and O–H groups in total. The molecule has 1 aromatic carbocycles. The average molecular weight is 319 g/mol. The van der Waals surface area contributed by atoms with E-state index in [0.717, 1.165) is 30.3 Å². The highest BCUT2D eigenvalue weighted by Gasteiger charge is 2.46. The van der Waals surface area contributed by atoms with Crippen LogP contribution in [0.15, 0.2) is 24.3 Å². The third-order valence-electron chi connectivity index (χ3n) is 5.21. The first kappa shape index (κ1) is 17.8. The van der Waals surface area contributed by atoms with E-state index in [1.807, 2.05) is 24.3 Å². The Bertz CT molecular complexity index is 518. The molecular formula is C19H29NO3. The summed E-state index contributed by atoms with van der Waals surface area (Å²) in [6.07, 6.45) is 2.87. The molecule has 2 fully saturated rings. The summed E-state index contributed by atoms with van der Waals surface area (Å²) in [6, 6.07) is 8.07. The topological polar surface area (TPSA) is 38.8 Å². The second-order valence-corrected chi connectivity index (χ2v) is 7.21. The first-order valence-corrected chi connectivity index (χ1v) is 8.28. The molecule has 4 nitrogen and oxygen atoms in total. The SMILES string of the molecule is CN1CCC2C1CC(=O)CC2(C)C.COc1ccccc1OC. The van der Waals surface area contributed by atoms with Crippen molar-refractivity contribution in [3.63, 3.8) is 0 Å². The van der Waals surface area contributed by atoms with Gasteiger partial charge in [-0.3, -0.25) is 4.79 Å². The smallest absolute Gasteiger partial charge is 0.160 e. The zero-order chi connectivity index (χ0) is 17.0. The fourth-order valence-electron chi connectivity index (χ4n) is 3.95. The molecule has 0 bridgehead atoms. The first-order chi connectivity index (χ1) is 10.9. The highest BCUT2D eigenvalue weighted by atomic mass is 16.5. The van der Waals surface area contributed by atoms with Gasteiger partial charge in [0.1, 0.15) is 5.78 Å². The minimum Gasteiger partial charge on any atom is -0.493 e. The predicted octanol–water partition coefficient (Wildman–Crippen LogP) is 3.40. The van der Waals surface area contributed by atoms with Gasteiger partial charge >= 0.3 is 0 Å². The van der Waals surface area contributed by atoms with Crippen molar-refractivity contribution in [2.75, 3.05) is 27.8 Å². The van der Waals surface area contributed by atoms with Gasteiger partial charge in [0.15, 0.2) is 11.5 Å². The summed E-state index contributed by atoms with van der Waals surface area (Å²) in [4.78, 5) is 13.9. The lowest BCUT2D eigenvalue weighted by Crippen LogP contribution is -2.44. The van der Waals surface area contributed by atoms with E-state index in [1.165, 1.54) is 13.0 Å². The van der Waals surface area contributed by atoms with Crippen molar-refractivity contribution in [3.05, 3.63) is 24.3 Å². The van der Waals surface area contributed by atoms with Gasteiger partial charge in [-0.15, -0.1) is 0 Å². The van der Waals surface area contributed by atoms with Crippen LogP contribution in [0.2, 0.25) is 0 Å². The van der Waals surface area contributed by atoms with Gasteiger partial charge in [-0.05, 0) is 43.5 Å². The summed E-state index contributed by atoms with van der Waals surface area (Å²) < 4.78 is 10.0. The van der Waals surface area contributed by atoms with Gasteiger partial charge in [0.05, 0.1) is 14.2 Å². The average Bonchev–Trinajstić information content (AvgIpc) is 2.89. The number of rotatable bonds is 2. The van der Waals surface area contributed by atoms with Crippen LogP contribution in [-0.2, 0) is 4.79 Å². The zero-order valence-corrected chi connectivity index (χ0v) is 15.0. The number of carbonyl (C=O) groups is 1. The number of ether oxygens (including phenoxy) is 2. The maximum Gasteiger partial charge on any atom is 0.160 e. The van der Waals surface area contributed by atoms with E-state index in [2.05, 4.69) is 25.8 Å². The van der Waals surface area contributed by atoms with Crippen LogP contribution in [0.1, 0.15) is 33.1 Å². The molecule has 1 heterocycles. The Balaban J connectivity index is 0.000000174. The quantitative estimate of drug-likeness (QED) is 0.837. The molecule has 0 spiro atoms. The van der Waals surface area contributed by atoms with E-state index in [0.29, 0.717) is 11.8 Å². The number of Topliss-reactive ketones (excluding diaryl/α,β-unsaturated/α-hetero) is 1. The van der Waals surface area contributed by atoms with Crippen LogP contribution in [0.25, 0.3) is 0 Å². The maximum atomic E-state index is 11.5. The summed E-state index contributed by atoms with van der Waals surface area (Å²) in [5.41, 5.74) is 0.241. The number of carbonyl (C=O) groups excluding carboxylic acids is 1. The molecule has 1 saturated carbocycles. The van der Waals surface area contributed by atoms with Crippen molar-refractivity contribution in [2.24, 2.45) is 11.3 Å². The summed E-state index contributed by atoms with van der Waals surface area (Å²) in [6.45, 7) is 5.67. The maximum absolute atomic E-state index is 11.5. The monoisotopic (exact) mass is 319 g/mol. The lowest BCUT2D eigenvalue weighted by Gasteiger charge is -2.41. The van der Waals surface area contributed by atoms with Crippen LogP contribution in [-0.4, -0.2) is 44.5 Å². The molecule has 0 amide bonds. The van der Waals surface area contributed by atoms with E-state index in [4.69, 9.17) is 9.47 Å². The highest BCUT2D eigenvalue weighted by Crippen LogP contribution is 2.45. The van der Waals surface area contributed by atoms with Crippen LogP contribution < -0.4 is 9.47 Å². The third kappa shape index (κ3) is 4.05. The summed E-state index contributed by atoms with van der Waals surface area (Å²) in [7, 11) is 5.40. The van der Waals surface area contributed by atoms with Crippen LogP contribution in [0, 0.1) is 11.3 Å². The number of hydrogen-bond acceptors (Lipinski definition) is 4. The molecule has 3 rings (SSSR count). The van der Waals surface area contributed by atoms with E-state index in [9.17, 15) is 4.79 Å². The van der Waals surface area contributed by atoms with E-state index in [1.54, 1.807) is 14.2 Å². The molecular weight excluding hydrogens is 290 g/mol. The summed E-state index contributed by atoms with van der Waals surface area (Å²) in [5, 5.41) is 0. The normalized spacial score (nSPS) is 26.0. The molecule has 4 heteroatoms. The van der Waals surface area contributed by atoms with Crippen LogP contribution in [0.3, 0.4) is 0 Å². The van der Waals surface area contributed by atoms with Crippen molar-refractivity contribution in [1.29, 1.82) is 0 Å². The van der Waals surface area contributed by atoms with Gasteiger partial charge in [0, 0.05) is 18.9 Å². The third-order valence-corrected chi connectivity index (χ3v) is 5.21. The van der Waals surface area contributed by atoms with E-state index in [-0.39, 0.29) is 5.41 Å². The Hall–Kier alpha value is -1.55. The number of hydrogen-bond donors (Lipinski definition) is 0. The summed E-state index contributed by atoms with van der Waals surface area (Å²) in [5.74, 6) is 2.74. The van der Waals surface area contributed by atoms with Crippen molar-refractivity contribution in [2.45, 2.75) is 39.2 Å². The number of benzene rings is 1. The fraction of sp³-hybridized carbons (Fsp3) is 0.632. The van der Waals surface area contributed by atoms with Crippen molar-refractivity contribution in [1.82, 2.24) is 4.90 Å². The Kier molecular flexibility index (Phi) is 5.69.